The first-order chi connectivity index (χ1) is 8.07. The lowest BCUT2D eigenvalue weighted by Crippen LogP contribution is -2.30. The molecule has 0 unspecified atom stereocenters. The fraction of sp³-hybridized carbons (Fsp3) is 0.750. The van der Waals surface area contributed by atoms with E-state index in [1.807, 2.05) is 21.9 Å². The van der Waals surface area contributed by atoms with Crippen LogP contribution in [0.1, 0.15) is 51.4 Å². The quantitative estimate of drug-likeness (QED) is 0.555. The minimum absolute atomic E-state index is 0.966. The predicted molar refractivity (Wildman–Crippen MR) is 77.8 cm³/mol. The third kappa shape index (κ3) is 1.97. The second-order valence-electron chi connectivity index (χ2n) is 7.21. The van der Waals surface area contributed by atoms with E-state index in [9.17, 15) is 0 Å². The van der Waals surface area contributed by atoms with Crippen LogP contribution in [-0.4, -0.2) is 8.07 Å². The SMILES string of the molecule is C[Si](C)(C)C1=C2CCCCC2=C2CCC[C@H]2C1. The lowest BCUT2D eigenvalue weighted by molar-refractivity contribution is 0.579. The van der Waals surface area contributed by atoms with Crippen molar-refractivity contribution < 1.29 is 0 Å². The molecule has 17 heavy (non-hydrogen) atoms. The van der Waals surface area contributed by atoms with Gasteiger partial charge in [-0.25, -0.2) is 0 Å². The Balaban J connectivity index is 2.08. The largest absolute Gasteiger partial charge is 0.0771 e. The van der Waals surface area contributed by atoms with E-state index in [1.54, 1.807) is 0 Å². The molecular weight excluding hydrogens is 220 g/mol. The first-order valence-corrected chi connectivity index (χ1v) is 11.0. The minimum atomic E-state index is -1.08. The number of hydrogen-bond acceptors (Lipinski definition) is 0. The monoisotopic (exact) mass is 246 g/mol. The van der Waals surface area contributed by atoms with Gasteiger partial charge in [0.1, 0.15) is 0 Å². The van der Waals surface area contributed by atoms with Crippen LogP contribution in [-0.2, 0) is 0 Å². The summed E-state index contributed by atoms with van der Waals surface area (Å²) in [6.07, 6.45) is 11.6. The Bertz CT molecular complexity index is 392. The Hall–Kier alpha value is -0.303. The summed E-state index contributed by atoms with van der Waals surface area (Å²) >= 11 is 0. The molecule has 2 fully saturated rings. The van der Waals surface area contributed by atoms with Gasteiger partial charge in [0, 0.05) is 0 Å². The number of rotatable bonds is 1. The predicted octanol–water partition coefficient (Wildman–Crippen LogP) is 5.23. The number of hydrogen-bond donors (Lipinski definition) is 0. The fourth-order valence-corrected chi connectivity index (χ4v) is 6.30. The molecule has 0 nitrogen and oxygen atoms in total. The Kier molecular flexibility index (Phi) is 2.85. The van der Waals surface area contributed by atoms with Gasteiger partial charge in [0.2, 0.25) is 0 Å². The number of fused-ring (bicyclic) bond motifs is 2. The van der Waals surface area contributed by atoms with E-state index in [4.69, 9.17) is 0 Å². The molecule has 94 valence electrons. The topological polar surface area (TPSA) is 0 Å². The molecule has 0 N–H and O–H groups in total. The van der Waals surface area contributed by atoms with Crippen LogP contribution in [0, 0.1) is 5.92 Å². The summed E-state index contributed by atoms with van der Waals surface area (Å²) in [5.41, 5.74) is 5.63. The van der Waals surface area contributed by atoms with Crippen LogP contribution in [0.4, 0.5) is 0 Å². The minimum Gasteiger partial charge on any atom is -0.0771 e. The van der Waals surface area contributed by atoms with Crippen molar-refractivity contribution in [2.24, 2.45) is 5.92 Å². The van der Waals surface area contributed by atoms with E-state index in [2.05, 4.69) is 19.6 Å². The van der Waals surface area contributed by atoms with Crippen molar-refractivity contribution in [1.29, 1.82) is 0 Å². The second kappa shape index (κ2) is 4.12. The lowest BCUT2D eigenvalue weighted by atomic mass is 9.78. The zero-order chi connectivity index (χ0) is 12.0. The summed E-state index contributed by atoms with van der Waals surface area (Å²) in [6, 6.07) is 0. The maximum absolute atomic E-state index is 2.56. The van der Waals surface area contributed by atoms with Gasteiger partial charge < -0.3 is 0 Å². The standard InChI is InChI=1S/C16H26Si/c1-17(2,3)16-11-12-7-6-10-13(12)14-8-4-5-9-15(14)16/h12H,4-11H2,1-3H3/t12-/m0/s1. The molecule has 0 aromatic heterocycles. The van der Waals surface area contributed by atoms with Gasteiger partial charge in [0.05, 0.1) is 8.07 Å². The van der Waals surface area contributed by atoms with E-state index in [-0.39, 0.29) is 0 Å². The Morgan fingerprint density at radius 3 is 2.29 bits per heavy atom. The van der Waals surface area contributed by atoms with Crippen molar-refractivity contribution in [1.82, 2.24) is 0 Å². The molecule has 0 aliphatic heterocycles. The molecule has 1 atom stereocenters. The molecule has 1 heteroatoms. The van der Waals surface area contributed by atoms with E-state index < -0.39 is 8.07 Å². The van der Waals surface area contributed by atoms with Crippen LogP contribution in [0.25, 0.3) is 0 Å². The second-order valence-corrected chi connectivity index (χ2v) is 12.3. The molecule has 3 aliphatic rings. The number of allylic oxidation sites excluding steroid dienone is 4. The fourth-order valence-electron chi connectivity index (χ4n) is 4.26. The molecule has 0 aromatic rings. The van der Waals surface area contributed by atoms with Gasteiger partial charge in [-0.1, -0.05) is 30.4 Å². The van der Waals surface area contributed by atoms with E-state index in [1.165, 1.54) is 51.4 Å². The maximum atomic E-state index is 2.56. The third-order valence-electron chi connectivity index (χ3n) is 5.07. The molecule has 0 bridgehead atoms. The average molecular weight is 246 g/mol. The van der Waals surface area contributed by atoms with Crippen molar-refractivity contribution in [3.8, 4) is 0 Å². The molecule has 0 amide bonds. The summed E-state index contributed by atoms with van der Waals surface area (Å²) in [7, 11) is -1.08. The highest BCUT2D eigenvalue weighted by Crippen LogP contribution is 2.50. The van der Waals surface area contributed by atoms with Crippen LogP contribution in [0.2, 0.25) is 19.6 Å². The smallest absolute Gasteiger partial charge is 0.0728 e. The van der Waals surface area contributed by atoms with Gasteiger partial charge >= 0.3 is 0 Å². The van der Waals surface area contributed by atoms with Gasteiger partial charge in [0.15, 0.2) is 0 Å². The molecule has 0 saturated heterocycles. The lowest BCUT2D eigenvalue weighted by Gasteiger charge is -2.37. The van der Waals surface area contributed by atoms with Gasteiger partial charge in [0.25, 0.3) is 0 Å². The van der Waals surface area contributed by atoms with Crippen LogP contribution in [0.15, 0.2) is 21.9 Å². The van der Waals surface area contributed by atoms with E-state index >= 15 is 0 Å². The Morgan fingerprint density at radius 1 is 0.882 bits per heavy atom. The van der Waals surface area contributed by atoms with Gasteiger partial charge in [-0.3, -0.25) is 0 Å². The van der Waals surface area contributed by atoms with E-state index in [0.717, 1.165) is 5.92 Å². The van der Waals surface area contributed by atoms with Gasteiger partial charge in [-0.15, -0.1) is 0 Å². The summed E-state index contributed by atoms with van der Waals surface area (Å²) in [6.45, 7) is 7.67. The highest BCUT2D eigenvalue weighted by molar-refractivity contribution is 6.83. The summed E-state index contributed by atoms with van der Waals surface area (Å²) in [4.78, 5) is 0. The Morgan fingerprint density at radius 2 is 1.59 bits per heavy atom. The summed E-state index contributed by atoms with van der Waals surface area (Å²) in [5, 5.41) is 1.95. The van der Waals surface area contributed by atoms with Crippen molar-refractivity contribution >= 4 is 8.07 Å². The summed E-state index contributed by atoms with van der Waals surface area (Å²) < 4.78 is 0. The van der Waals surface area contributed by atoms with Crippen molar-refractivity contribution in [3.63, 3.8) is 0 Å². The molecular formula is C16H26Si. The molecule has 0 radical (unpaired) electrons. The van der Waals surface area contributed by atoms with Gasteiger partial charge in [-0.05, 0) is 68.4 Å². The average Bonchev–Trinajstić information content (AvgIpc) is 2.74. The first kappa shape index (κ1) is 11.8. The maximum Gasteiger partial charge on any atom is 0.0728 e. The summed E-state index contributed by atoms with van der Waals surface area (Å²) in [5.74, 6) is 0.966. The zero-order valence-corrected chi connectivity index (χ0v) is 12.7. The first-order valence-electron chi connectivity index (χ1n) is 7.52. The highest BCUT2D eigenvalue weighted by Gasteiger charge is 2.36. The van der Waals surface area contributed by atoms with Crippen molar-refractivity contribution in [2.45, 2.75) is 71.0 Å². The molecule has 0 spiro atoms. The molecule has 0 aromatic carbocycles. The molecule has 0 heterocycles. The van der Waals surface area contributed by atoms with Crippen molar-refractivity contribution in [2.75, 3.05) is 0 Å². The Labute approximate surface area is 107 Å². The van der Waals surface area contributed by atoms with Crippen LogP contribution in [0.5, 0.6) is 0 Å². The van der Waals surface area contributed by atoms with Crippen LogP contribution in [0.3, 0.4) is 0 Å². The normalized spacial score (nSPS) is 29.5. The zero-order valence-electron chi connectivity index (χ0n) is 11.7. The molecule has 2 saturated carbocycles. The molecule has 3 aliphatic carbocycles. The van der Waals surface area contributed by atoms with Crippen LogP contribution < -0.4 is 0 Å². The van der Waals surface area contributed by atoms with Crippen LogP contribution >= 0.6 is 0 Å². The highest BCUT2D eigenvalue weighted by atomic mass is 28.3. The third-order valence-corrected chi connectivity index (χ3v) is 7.38. The van der Waals surface area contributed by atoms with Crippen molar-refractivity contribution in [3.05, 3.63) is 21.9 Å². The van der Waals surface area contributed by atoms with Gasteiger partial charge in [-0.2, -0.15) is 0 Å². The molecule has 3 rings (SSSR count). The van der Waals surface area contributed by atoms with E-state index in [0.29, 0.717) is 0 Å².